The van der Waals surface area contributed by atoms with Crippen molar-refractivity contribution >= 4 is 5.91 Å². The zero-order valence-corrected chi connectivity index (χ0v) is 12.2. The van der Waals surface area contributed by atoms with Crippen molar-refractivity contribution in [3.63, 3.8) is 0 Å². The Morgan fingerprint density at radius 1 is 1.20 bits per heavy atom. The average molecular weight is 274 g/mol. The Labute approximate surface area is 121 Å². The van der Waals surface area contributed by atoms with Gasteiger partial charge in [-0.3, -0.25) is 4.79 Å². The number of carbonyl (C=O) groups excluding carboxylic acids is 1. The molecule has 1 amide bonds. The van der Waals surface area contributed by atoms with E-state index in [4.69, 9.17) is 5.73 Å². The number of hydrogen-bond acceptors (Lipinski definition) is 2. The minimum Gasteiger partial charge on any atom is -0.348 e. The van der Waals surface area contributed by atoms with Crippen LogP contribution >= 0.6 is 0 Å². The van der Waals surface area contributed by atoms with E-state index in [9.17, 15) is 4.79 Å². The van der Waals surface area contributed by atoms with Crippen molar-refractivity contribution in [1.29, 1.82) is 0 Å². The third-order valence-corrected chi connectivity index (χ3v) is 4.28. The van der Waals surface area contributed by atoms with Gasteiger partial charge in [0.25, 0.3) is 0 Å². The molecular weight excluding hydrogens is 248 g/mol. The summed E-state index contributed by atoms with van der Waals surface area (Å²) in [7, 11) is 0. The number of benzene rings is 1. The van der Waals surface area contributed by atoms with Crippen LogP contribution in [0.25, 0.3) is 0 Å². The van der Waals surface area contributed by atoms with Gasteiger partial charge in [-0.1, -0.05) is 62.4 Å². The van der Waals surface area contributed by atoms with Crippen molar-refractivity contribution < 1.29 is 4.79 Å². The van der Waals surface area contributed by atoms with Gasteiger partial charge in [0.05, 0.1) is 6.04 Å². The van der Waals surface area contributed by atoms with E-state index in [1.165, 1.54) is 32.1 Å². The molecule has 0 bridgehead atoms. The number of rotatable bonds is 6. The van der Waals surface area contributed by atoms with Crippen LogP contribution < -0.4 is 11.1 Å². The highest BCUT2D eigenvalue weighted by Crippen LogP contribution is 2.27. The molecular formula is C17H26N2O. The third kappa shape index (κ3) is 4.64. The largest absolute Gasteiger partial charge is 0.348 e. The molecule has 0 heterocycles. The molecule has 1 aliphatic carbocycles. The van der Waals surface area contributed by atoms with E-state index in [1.807, 2.05) is 30.3 Å². The minimum atomic E-state index is -0.0601. The van der Waals surface area contributed by atoms with Crippen molar-refractivity contribution in [3.05, 3.63) is 35.9 Å². The molecule has 0 aliphatic heterocycles. The fourth-order valence-corrected chi connectivity index (χ4v) is 3.04. The lowest BCUT2D eigenvalue weighted by atomic mass is 9.86. The van der Waals surface area contributed by atoms with E-state index in [-0.39, 0.29) is 11.9 Å². The second-order valence-electron chi connectivity index (χ2n) is 5.81. The summed E-state index contributed by atoms with van der Waals surface area (Å²) in [5.74, 6) is 0.887. The Hall–Kier alpha value is -1.35. The summed E-state index contributed by atoms with van der Waals surface area (Å²) in [6.45, 7) is 0.444. The smallest absolute Gasteiger partial charge is 0.220 e. The van der Waals surface area contributed by atoms with Crippen molar-refractivity contribution in [2.24, 2.45) is 11.7 Å². The zero-order chi connectivity index (χ0) is 14.2. The highest BCUT2D eigenvalue weighted by atomic mass is 16.1. The van der Waals surface area contributed by atoms with Crippen LogP contribution in [0.15, 0.2) is 30.3 Å². The molecule has 1 atom stereocenters. The Morgan fingerprint density at radius 2 is 1.90 bits per heavy atom. The first-order valence-corrected chi connectivity index (χ1v) is 7.84. The minimum absolute atomic E-state index is 0.0601. The van der Waals surface area contributed by atoms with E-state index in [1.54, 1.807) is 0 Å². The molecule has 3 N–H and O–H groups in total. The predicted molar refractivity (Wildman–Crippen MR) is 82.2 cm³/mol. The van der Waals surface area contributed by atoms with Gasteiger partial charge < -0.3 is 11.1 Å². The lowest BCUT2D eigenvalue weighted by Crippen LogP contribution is -2.33. The summed E-state index contributed by atoms with van der Waals surface area (Å²) >= 11 is 0. The first-order chi connectivity index (χ1) is 9.79. The standard InChI is InChI=1S/C17H26N2O/c18-13-16(15-9-5-2-6-10-15)19-17(20)12-11-14-7-3-1-4-8-14/h2,5-6,9-10,14,16H,1,3-4,7-8,11-13,18H2,(H,19,20). The van der Waals surface area contributed by atoms with Crippen LogP contribution in [-0.2, 0) is 4.79 Å². The topological polar surface area (TPSA) is 55.1 Å². The maximum atomic E-state index is 12.1. The van der Waals surface area contributed by atoms with Gasteiger partial charge in [-0.05, 0) is 17.9 Å². The fraction of sp³-hybridized carbons (Fsp3) is 0.588. The maximum Gasteiger partial charge on any atom is 0.220 e. The molecule has 0 saturated heterocycles. The SMILES string of the molecule is NCC(NC(=O)CCC1CCCCC1)c1ccccc1. The highest BCUT2D eigenvalue weighted by Gasteiger charge is 2.17. The number of amides is 1. The molecule has 20 heavy (non-hydrogen) atoms. The maximum absolute atomic E-state index is 12.1. The molecule has 0 spiro atoms. The summed E-state index contributed by atoms with van der Waals surface area (Å²) < 4.78 is 0. The summed E-state index contributed by atoms with van der Waals surface area (Å²) in [5, 5.41) is 3.06. The molecule has 110 valence electrons. The van der Waals surface area contributed by atoms with Crippen LogP contribution in [0.5, 0.6) is 0 Å². The summed E-state index contributed by atoms with van der Waals surface area (Å²) in [4.78, 5) is 12.1. The molecule has 1 aliphatic rings. The molecule has 1 unspecified atom stereocenters. The quantitative estimate of drug-likeness (QED) is 0.837. The molecule has 3 heteroatoms. The molecule has 3 nitrogen and oxygen atoms in total. The number of nitrogens with two attached hydrogens (primary N) is 1. The Morgan fingerprint density at radius 3 is 2.55 bits per heavy atom. The Balaban J connectivity index is 1.77. The number of nitrogens with one attached hydrogen (secondary N) is 1. The van der Waals surface area contributed by atoms with Crippen LogP contribution in [0.4, 0.5) is 0 Å². The normalized spacial score (nSPS) is 17.6. The number of hydrogen-bond donors (Lipinski definition) is 2. The van der Waals surface area contributed by atoms with Crippen LogP contribution in [0.2, 0.25) is 0 Å². The van der Waals surface area contributed by atoms with E-state index in [0.717, 1.165) is 17.9 Å². The summed E-state index contributed by atoms with van der Waals surface area (Å²) in [6.07, 6.45) is 8.29. The second kappa shape index (κ2) is 8.05. The van der Waals surface area contributed by atoms with Gasteiger partial charge in [0.2, 0.25) is 5.91 Å². The van der Waals surface area contributed by atoms with Crippen LogP contribution in [0.1, 0.15) is 56.6 Å². The van der Waals surface area contributed by atoms with E-state index in [2.05, 4.69) is 5.32 Å². The Bertz CT molecular complexity index is 399. The van der Waals surface area contributed by atoms with Gasteiger partial charge in [-0.25, -0.2) is 0 Å². The van der Waals surface area contributed by atoms with Gasteiger partial charge >= 0.3 is 0 Å². The van der Waals surface area contributed by atoms with Crippen molar-refractivity contribution in [3.8, 4) is 0 Å². The summed E-state index contributed by atoms with van der Waals surface area (Å²) in [5.41, 5.74) is 6.86. The van der Waals surface area contributed by atoms with Crippen LogP contribution in [0, 0.1) is 5.92 Å². The van der Waals surface area contributed by atoms with Crippen LogP contribution in [-0.4, -0.2) is 12.5 Å². The van der Waals surface area contributed by atoms with Gasteiger partial charge in [-0.2, -0.15) is 0 Å². The predicted octanol–water partition coefficient (Wildman–Crippen LogP) is 3.16. The lowest BCUT2D eigenvalue weighted by molar-refractivity contribution is -0.122. The molecule has 1 fully saturated rings. The van der Waals surface area contributed by atoms with Crippen molar-refractivity contribution in [2.45, 2.75) is 51.0 Å². The van der Waals surface area contributed by atoms with Crippen molar-refractivity contribution in [2.75, 3.05) is 6.54 Å². The Kier molecular flexibility index (Phi) is 6.06. The third-order valence-electron chi connectivity index (χ3n) is 4.28. The average Bonchev–Trinajstić information content (AvgIpc) is 2.52. The van der Waals surface area contributed by atoms with Gasteiger partial charge in [0.15, 0.2) is 0 Å². The molecule has 2 rings (SSSR count). The zero-order valence-electron chi connectivity index (χ0n) is 12.2. The fourth-order valence-electron chi connectivity index (χ4n) is 3.04. The van der Waals surface area contributed by atoms with Gasteiger partial charge in [-0.15, -0.1) is 0 Å². The molecule has 0 aromatic heterocycles. The first kappa shape index (κ1) is 15.0. The first-order valence-electron chi connectivity index (χ1n) is 7.84. The van der Waals surface area contributed by atoms with Gasteiger partial charge in [0.1, 0.15) is 0 Å². The lowest BCUT2D eigenvalue weighted by Gasteiger charge is -2.22. The summed E-state index contributed by atoms with van der Waals surface area (Å²) in [6, 6.07) is 9.90. The van der Waals surface area contributed by atoms with Crippen molar-refractivity contribution in [1.82, 2.24) is 5.32 Å². The highest BCUT2D eigenvalue weighted by molar-refractivity contribution is 5.76. The second-order valence-corrected chi connectivity index (χ2v) is 5.81. The van der Waals surface area contributed by atoms with E-state index in [0.29, 0.717) is 13.0 Å². The molecule has 1 aromatic rings. The monoisotopic (exact) mass is 274 g/mol. The molecule has 1 saturated carbocycles. The van der Waals surface area contributed by atoms with Gasteiger partial charge in [0, 0.05) is 13.0 Å². The number of carbonyl (C=O) groups is 1. The van der Waals surface area contributed by atoms with E-state index >= 15 is 0 Å². The van der Waals surface area contributed by atoms with E-state index < -0.39 is 0 Å². The van der Waals surface area contributed by atoms with Crippen LogP contribution in [0.3, 0.4) is 0 Å². The molecule has 1 aromatic carbocycles. The molecule has 0 radical (unpaired) electrons.